The molecule has 2 nitrogen and oxygen atoms in total. The molecule has 0 saturated carbocycles. The molecule has 0 aliphatic rings. The van der Waals surface area contributed by atoms with Crippen LogP contribution in [0.4, 0.5) is 0 Å². The first-order valence-corrected chi connectivity index (χ1v) is 8.12. The lowest BCUT2D eigenvalue weighted by molar-refractivity contribution is 0.111. The van der Waals surface area contributed by atoms with Gasteiger partial charge in [0.2, 0.25) is 0 Å². The maximum Gasteiger partial charge on any atom is 0.0917 e. The highest BCUT2D eigenvalue weighted by molar-refractivity contribution is 9.10. The van der Waals surface area contributed by atoms with Crippen molar-refractivity contribution in [3.8, 4) is 0 Å². The lowest BCUT2D eigenvalue weighted by Gasteiger charge is -2.25. The molecule has 1 aromatic rings. The van der Waals surface area contributed by atoms with Crippen LogP contribution in [0.5, 0.6) is 0 Å². The molecule has 1 N–H and O–H groups in total. The zero-order valence-corrected chi connectivity index (χ0v) is 13.7. The fraction of sp³-hybridized carbons (Fsp3) is 0.625. The van der Waals surface area contributed by atoms with Gasteiger partial charge in [-0.1, -0.05) is 54.8 Å². The number of aliphatic hydroxyl groups excluding tert-OH is 1. The van der Waals surface area contributed by atoms with Crippen molar-refractivity contribution in [2.45, 2.75) is 45.6 Å². The van der Waals surface area contributed by atoms with Crippen LogP contribution in [0.3, 0.4) is 0 Å². The van der Waals surface area contributed by atoms with E-state index in [0.717, 1.165) is 29.7 Å². The molecule has 19 heavy (non-hydrogen) atoms. The second-order valence-electron chi connectivity index (χ2n) is 5.08. The number of unbranched alkanes of at least 4 members (excludes halogenated alkanes) is 2. The first kappa shape index (κ1) is 16.7. The lowest BCUT2D eigenvalue weighted by atomic mass is 10.1. The Morgan fingerprint density at radius 2 is 1.79 bits per heavy atom. The van der Waals surface area contributed by atoms with Gasteiger partial charge in [-0.25, -0.2) is 0 Å². The molecular weight excluding hydrogens is 302 g/mol. The molecule has 0 aliphatic heterocycles. The zero-order chi connectivity index (χ0) is 14.1. The molecule has 0 bridgehead atoms. The van der Waals surface area contributed by atoms with Gasteiger partial charge in [0.05, 0.1) is 6.10 Å². The van der Waals surface area contributed by atoms with Crippen molar-refractivity contribution in [3.63, 3.8) is 0 Å². The second-order valence-corrected chi connectivity index (χ2v) is 5.99. The molecule has 1 atom stereocenters. The summed E-state index contributed by atoms with van der Waals surface area (Å²) in [4.78, 5) is 2.39. The number of rotatable bonds is 9. The van der Waals surface area contributed by atoms with Gasteiger partial charge in [-0.3, -0.25) is 0 Å². The van der Waals surface area contributed by atoms with Crippen LogP contribution >= 0.6 is 15.9 Å². The van der Waals surface area contributed by atoms with Crippen molar-refractivity contribution in [2.24, 2.45) is 0 Å². The molecule has 0 unspecified atom stereocenters. The number of hydrogen-bond donors (Lipinski definition) is 1. The highest BCUT2D eigenvalue weighted by atomic mass is 79.9. The van der Waals surface area contributed by atoms with Crippen molar-refractivity contribution in [3.05, 3.63) is 34.3 Å². The molecule has 1 aromatic carbocycles. The van der Waals surface area contributed by atoms with Crippen LogP contribution in [0.25, 0.3) is 0 Å². The molecule has 108 valence electrons. The van der Waals surface area contributed by atoms with Crippen molar-refractivity contribution >= 4 is 15.9 Å². The Kier molecular flexibility index (Phi) is 8.35. The average Bonchev–Trinajstić information content (AvgIpc) is 2.41. The number of hydrogen-bond acceptors (Lipinski definition) is 2. The van der Waals surface area contributed by atoms with Gasteiger partial charge in [-0.15, -0.1) is 0 Å². The Morgan fingerprint density at radius 1 is 1.16 bits per heavy atom. The minimum atomic E-state index is -0.397. The van der Waals surface area contributed by atoms with Crippen LogP contribution in [0.1, 0.15) is 51.2 Å². The van der Waals surface area contributed by atoms with Crippen molar-refractivity contribution in [1.82, 2.24) is 4.90 Å². The average molecular weight is 328 g/mol. The molecule has 0 spiro atoms. The van der Waals surface area contributed by atoms with E-state index in [1.165, 1.54) is 25.7 Å². The topological polar surface area (TPSA) is 23.5 Å². The van der Waals surface area contributed by atoms with Gasteiger partial charge in [0, 0.05) is 11.0 Å². The van der Waals surface area contributed by atoms with E-state index < -0.39 is 6.10 Å². The summed E-state index contributed by atoms with van der Waals surface area (Å²) in [7, 11) is 0. The summed E-state index contributed by atoms with van der Waals surface area (Å²) < 4.78 is 1.03. The quantitative estimate of drug-likeness (QED) is 0.727. The third-order valence-electron chi connectivity index (χ3n) is 3.32. The molecular formula is C16H26BrNO. The second kappa shape index (κ2) is 9.51. The monoisotopic (exact) mass is 327 g/mol. The minimum Gasteiger partial charge on any atom is -0.387 e. The maximum absolute atomic E-state index is 10.4. The summed E-state index contributed by atoms with van der Waals surface area (Å²) in [5.41, 5.74) is 0.993. The predicted octanol–water partition coefficient (Wildman–Crippen LogP) is 4.38. The normalized spacial score (nSPS) is 12.9. The van der Waals surface area contributed by atoms with Crippen LogP contribution < -0.4 is 0 Å². The van der Waals surface area contributed by atoms with E-state index in [1.807, 2.05) is 24.3 Å². The van der Waals surface area contributed by atoms with Gasteiger partial charge >= 0.3 is 0 Å². The number of halogens is 1. The number of nitrogens with zero attached hydrogens (tertiary/aromatic N) is 1. The molecule has 0 amide bonds. The Morgan fingerprint density at radius 3 is 2.32 bits per heavy atom. The van der Waals surface area contributed by atoms with Crippen LogP contribution in [-0.2, 0) is 0 Å². The summed E-state index contributed by atoms with van der Waals surface area (Å²) in [6.07, 6.45) is 4.42. The summed E-state index contributed by atoms with van der Waals surface area (Å²) in [5, 5.41) is 10.4. The molecule has 0 heterocycles. The first-order chi connectivity index (χ1) is 9.17. The summed E-state index contributed by atoms with van der Waals surface area (Å²) in [6.45, 7) is 7.32. The first-order valence-electron chi connectivity index (χ1n) is 7.33. The Labute approximate surface area is 126 Å². The van der Waals surface area contributed by atoms with Gasteiger partial charge in [0.1, 0.15) is 0 Å². The highest BCUT2D eigenvalue weighted by Crippen LogP contribution is 2.19. The van der Waals surface area contributed by atoms with Gasteiger partial charge in [-0.05, 0) is 43.6 Å². The molecule has 0 saturated heterocycles. The molecule has 0 aliphatic carbocycles. The van der Waals surface area contributed by atoms with E-state index in [0.29, 0.717) is 0 Å². The summed E-state index contributed by atoms with van der Waals surface area (Å²) in [5.74, 6) is 0. The highest BCUT2D eigenvalue weighted by Gasteiger charge is 2.13. The lowest BCUT2D eigenvalue weighted by Crippen LogP contribution is -2.30. The van der Waals surface area contributed by atoms with E-state index in [-0.39, 0.29) is 0 Å². The molecule has 0 radical (unpaired) electrons. The Hall–Kier alpha value is -0.380. The third-order valence-corrected chi connectivity index (χ3v) is 3.81. The Bertz CT molecular complexity index is 348. The Balaban J connectivity index is 2.56. The molecule has 3 heteroatoms. The fourth-order valence-corrected chi connectivity index (χ4v) is 2.54. The fourth-order valence-electron chi connectivity index (χ4n) is 2.12. The summed E-state index contributed by atoms with van der Waals surface area (Å²) >= 11 is 3.46. The van der Waals surface area contributed by atoms with E-state index >= 15 is 0 Å². The van der Waals surface area contributed by atoms with Crippen LogP contribution in [0, 0.1) is 0 Å². The van der Waals surface area contributed by atoms with Gasteiger partial charge in [-0.2, -0.15) is 0 Å². The van der Waals surface area contributed by atoms with Crippen LogP contribution in [0.2, 0.25) is 0 Å². The van der Waals surface area contributed by atoms with E-state index in [9.17, 15) is 5.11 Å². The van der Waals surface area contributed by atoms with Crippen molar-refractivity contribution in [2.75, 3.05) is 19.6 Å². The van der Waals surface area contributed by atoms with Crippen LogP contribution in [-0.4, -0.2) is 29.6 Å². The number of aliphatic hydroxyl groups is 1. The van der Waals surface area contributed by atoms with Gasteiger partial charge < -0.3 is 10.0 Å². The predicted molar refractivity (Wildman–Crippen MR) is 85.4 cm³/mol. The minimum absolute atomic E-state index is 0.397. The van der Waals surface area contributed by atoms with Gasteiger partial charge in [0.25, 0.3) is 0 Å². The molecule has 0 fully saturated rings. The summed E-state index contributed by atoms with van der Waals surface area (Å²) in [6, 6.07) is 7.96. The smallest absolute Gasteiger partial charge is 0.0917 e. The maximum atomic E-state index is 10.4. The molecule has 1 rings (SSSR count). The standard InChI is InChI=1S/C16H26BrNO/c1-3-5-10-18(11-6-4-2)13-16(19)14-8-7-9-15(17)12-14/h7-9,12,16,19H,3-6,10-11,13H2,1-2H3/t16-/m1/s1. The number of benzene rings is 1. The van der Waals surface area contributed by atoms with E-state index in [2.05, 4.69) is 34.7 Å². The van der Waals surface area contributed by atoms with Crippen molar-refractivity contribution < 1.29 is 5.11 Å². The van der Waals surface area contributed by atoms with E-state index in [1.54, 1.807) is 0 Å². The third kappa shape index (κ3) is 6.55. The van der Waals surface area contributed by atoms with Crippen molar-refractivity contribution in [1.29, 1.82) is 0 Å². The largest absolute Gasteiger partial charge is 0.387 e. The molecule has 0 aromatic heterocycles. The van der Waals surface area contributed by atoms with E-state index in [4.69, 9.17) is 0 Å². The van der Waals surface area contributed by atoms with Crippen LogP contribution in [0.15, 0.2) is 28.7 Å². The zero-order valence-electron chi connectivity index (χ0n) is 12.1. The SMILES string of the molecule is CCCCN(CCCC)C[C@@H](O)c1cccc(Br)c1. The van der Waals surface area contributed by atoms with Gasteiger partial charge in [0.15, 0.2) is 0 Å².